The number of rotatable bonds is 5. The molecule has 7 nitrogen and oxygen atoms in total. The summed E-state index contributed by atoms with van der Waals surface area (Å²) in [6.07, 6.45) is -1.90. The molecule has 148 valence electrons. The van der Waals surface area contributed by atoms with Crippen molar-refractivity contribution >= 4 is 26.7 Å². The molecular weight excluding hydrogens is 383 g/mol. The van der Waals surface area contributed by atoms with Gasteiger partial charge in [0.2, 0.25) is 10.0 Å². The van der Waals surface area contributed by atoms with Crippen molar-refractivity contribution in [3.63, 3.8) is 0 Å². The molecule has 3 heterocycles. The fourth-order valence-electron chi connectivity index (χ4n) is 3.02. The van der Waals surface area contributed by atoms with Crippen molar-refractivity contribution in [3.8, 4) is 0 Å². The lowest BCUT2D eigenvalue weighted by Crippen LogP contribution is -2.48. The lowest BCUT2D eigenvalue weighted by Gasteiger charge is -2.35. The van der Waals surface area contributed by atoms with Gasteiger partial charge < -0.3 is 4.90 Å². The van der Waals surface area contributed by atoms with Crippen molar-refractivity contribution in [1.82, 2.24) is 19.6 Å². The molecule has 3 rings (SSSR count). The van der Waals surface area contributed by atoms with E-state index in [1.165, 1.54) is 18.3 Å². The summed E-state index contributed by atoms with van der Waals surface area (Å²) in [5.41, 5.74) is -0.662. The molecule has 0 spiro atoms. The number of hydrogen-bond acceptors (Lipinski definition) is 6. The monoisotopic (exact) mass is 403 g/mol. The molecule has 0 aliphatic carbocycles. The predicted molar refractivity (Wildman–Crippen MR) is 96.0 cm³/mol. The number of aromatic nitrogens is 2. The lowest BCUT2D eigenvalue weighted by molar-refractivity contribution is -0.140. The van der Waals surface area contributed by atoms with E-state index in [1.54, 1.807) is 0 Å². The van der Waals surface area contributed by atoms with Crippen LogP contribution in [0.5, 0.6) is 0 Å². The molecule has 0 unspecified atom stereocenters. The lowest BCUT2D eigenvalue weighted by atomic mass is 10.2. The van der Waals surface area contributed by atoms with Gasteiger partial charge in [-0.25, -0.2) is 23.1 Å². The summed E-state index contributed by atoms with van der Waals surface area (Å²) in [4.78, 5) is 12.2. The van der Waals surface area contributed by atoms with Gasteiger partial charge in [-0.3, -0.25) is 4.90 Å². The van der Waals surface area contributed by atoms with Gasteiger partial charge in [-0.1, -0.05) is 0 Å². The van der Waals surface area contributed by atoms with E-state index in [4.69, 9.17) is 0 Å². The van der Waals surface area contributed by atoms with Crippen LogP contribution in [0.3, 0.4) is 0 Å². The summed E-state index contributed by atoms with van der Waals surface area (Å²) in [6, 6.07) is 3.86. The zero-order chi connectivity index (χ0) is 19.7. The molecule has 0 saturated carbocycles. The van der Waals surface area contributed by atoms with Crippen molar-refractivity contribution in [1.29, 1.82) is 0 Å². The van der Waals surface area contributed by atoms with Crippen molar-refractivity contribution in [2.75, 3.05) is 50.4 Å². The predicted octanol–water partition coefficient (Wildman–Crippen LogP) is 1.32. The van der Waals surface area contributed by atoms with Crippen LogP contribution < -0.4 is 9.62 Å². The van der Waals surface area contributed by atoms with E-state index in [-0.39, 0.29) is 5.52 Å². The third-order valence-electron chi connectivity index (χ3n) is 4.35. The highest BCUT2D eigenvalue weighted by Crippen LogP contribution is 2.31. The molecule has 0 atom stereocenters. The Balaban J connectivity index is 1.68. The number of nitrogens with one attached hydrogen (secondary N) is 1. The third-order valence-corrected chi connectivity index (χ3v) is 5.08. The first-order valence-corrected chi connectivity index (χ1v) is 10.3. The Hall–Kier alpha value is -1.98. The topological polar surface area (TPSA) is 78.4 Å². The minimum atomic E-state index is -4.48. The molecule has 1 saturated heterocycles. The summed E-state index contributed by atoms with van der Waals surface area (Å²) in [7, 11) is -3.20. The van der Waals surface area contributed by atoms with E-state index >= 15 is 0 Å². The molecule has 0 radical (unpaired) electrons. The van der Waals surface area contributed by atoms with Gasteiger partial charge in [-0.05, 0) is 18.2 Å². The molecule has 0 aromatic carbocycles. The molecule has 1 N–H and O–H groups in total. The smallest absolute Gasteiger partial charge is 0.353 e. The van der Waals surface area contributed by atoms with Crippen molar-refractivity contribution < 1.29 is 21.6 Å². The number of anilines is 1. The summed E-state index contributed by atoms with van der Waals surface area (Å²) in [5.74, 6) is 0.614. The van der Waals surface area contributed by atoms with Crippen LogP contribution in [-0.4, -0.2) is 68.8 Å². The summed E-state index contributed by atoms with van der Waals surface area (Å²) in [6.45, 7) is 3.64. The van der Waals surface area contributed by atoms with E-state index in [9.17, 15) is 21.6 Å². The Labute approximate surface area is 155 Å². The standard InChI is InChI=1S/C16H20F3N5O2S/c1-27(25,26)21-6-7-23-8-10-24(11-9-23)15-12-2-3-14(16(17,18)19)22-13(12)4-5-20-15/h2-5,21H,6-11H2,1H3. The number of fused-ring (bicyclic) bond motifs is 1. The number of piperazine rings is 1. The largest absolute Gasteiger partial charge is 0.433 e. The van der Waals surface area contributed by atoms with Gasteiger partial charge in [0.15, 0.2) is 0 Å². The van der Waals surface area contributed by atoms with Crippen LogP contribution >= 0.6 is 0 Å². The Bertz CT molecular complexity index is 912. The van der Waals surface area contributed by atoms with Crippen LogP contribution in [-0.2, 0) is 16.2 Å². The van der Waals surface area contributed by atoms with Crippen LogP contribution in [0.4, 0.5) is 19.0 Å². The third kappa shape index (κ3) is 5.05. The minimum Gasteiger partial charge on any atom is -0.353 e. The minimum absolute atomic E-state index is 0.259. The number of alkyl halides is 3. The highest BCUT2D eigenvalue weighted by atomic mass is 32.2. The Morgan fingerprint density at radius 2 is 1.85 bits per heavy atom. The maximum absolute atomic E-state index is 12.9. The van der Waals surface area contributed by atoms with Gasteiger partial charge in [-0.2, -0.15) is 13.2 Å². The number of pyridine rings is 2. The molecule has 1 aliphatic rings. The Kier molecular flexibility index (Phi) is 5.54. The second-order valence-corrected chi connectivity index (χ2v) is 8.22. The molecule has 0 amide bonds. The first-order valence-electron chi connectivity index (χ1n) is 8.38. The van der Waals surface area contributed by atoms with Crippen LogP contribution in [0.25, 0.3) is 10.9 Å². The molecule has 1 aliphatic heterocycles. The van der Waals surface area contributed by atoms with Gasteiger partial charge in [0.25, 0.3) is 0 Å². The second kappa shape index (κ2) is 7.56. The highest BCUT2D eigenvalue weighted by Gasteiger charge is 2.32. The maximum atomic E-state index is 12.9. The van der Waals surface area contributed by atoms with Gasteiger partial charge >= 0.3 is 6.18 Å². The number of hydrogen-bond donors (Lipinski definition) is 1. The Morgan fingerprint density at radius 1 is 1.15 bits per heavy atom. The fourth-order valence-corrected chi connectivity index (χ4v) is 3.48. The number of nitrogens with zero attached hydrogens (tertiary/aromatic N) is 4. The molecule has 2 aromatic rings. The van der Waals surface area contributed by atoms with Crippen LogP contribution in [0.1, 0.15) is 5.69 Å². The average molecular weight is 403 g/mol. The van der Waals surface area contributed by atoms with Crippen LogP contribution in [0.2, 0.25) is 0 Å². The van der Waals surface area contributed by atoms with Gasteiger partial charge in [0, 0.05) is 50.9 Å². The zero-order valence-electron chi connectivity index (χ0n) is 14.7. The van der Waals surface area contributed by atoms with E-state index < -0.39 is 21.9 Å². The second-order valence-electron chi connectivity index (χ2n) is 6.39. The quantitative estimate of drug-likeness (QED) is 0.811. The SMILES string of the molecule is CS(=O)(=O)NCCN1CCN(c2nccc3nc(C(F)(F)F)ccc23)CC1. The van der Waals surface area contributed by atoms with Crippen molar-refractivity contribution in [2.45, 2.75) is 6.18 Å². The average Bonchev–Trinajstić information content (AvgIpc) is 2.59. The van der Waals surface area contributed by atoms with E-state index in [1.807, 2.05) is 4.90 Å². The Morgan fingerprint density at radius 3 is 2.48 bits per heavy atom. The normalized spacial score (nSPS) is 16.8. The van der Waals surface area contributed by atoms with Gasteiger partial charge in [0.05, 0.1) is 11.8 Å². The van der Waals surface area contributed by atoms with E-state index in [2.05, 4.69) is 19.6 Å². The van der Waals surface area contributed by atoms with Crippen LogP contribution in [0.15, 0.2) is 24.4 Å². The first kappa shape index (κ1) is 19.8. The molecule has 2 aromatic heterocycles. The number of halogens is 3. The summed E-state index contributed by atoms with van der Waals surface area (Å²) >= 11 is 0. The van der Waals surface area contributed by atoms with E-state index in [0.717, 1.165) is 12.3 Å². The molecule has 0 bridgehead atoms. The van der Waals surface area contributed by atoms with Crippen LogP contribution in [0, 0.1) is 0 Å². The summed E-state index contributed by atoms with van der Waals surface area (Å²) < 4.78 is 63.2. The zero-order valence-corrected chi connectivity index (χ0v) is 15.5. The van der Waals surface area contributed by atoms with Gasteiger partial charge in [0.1, 0.15) is 11.5 Å². The maximum Gasteiger partial charge on any atom is 0.433 e. The molecule has 1 fully saturated rings. The highest BCUT2D eigenvalue weighted by molar-refractivity contribution is 7.88. The van der Waals surface area contributed by atoms with Gasteiger partial charge in [-0.15, -0.1) is 0 Å². The van der Waals surface area contributed by atoms with Crippen molar-refractivity contribution in [3.05, 3.63) is 30.1 Å². The van der Waals surface area contributed by atoms with E-state index in [0.29, 0.717) is 50.5 Å². The molecular formula is C16H20F3N5O2S. The number of sulfonamides is 1. The first-order chi connectivity index (χ1) is 12.6. The summed E-state index contributed by atoms with van der Waals surface area (Å²) in [5, 5.41) is 0.581. The molecule has 27 heavy (non-hydrogen) atoms. The van der Waals surface area contributed by atoms with Crippen molar-refractivity contribution in [2.24, 2.45) is 0 Å². The fraction of sp³-hybridized carbons (Fsp3) is 0.500. The molecule has 11 heteroatoms.